The number of carbonyl (C=O) groups excluding carboxylic acids is 2. The number of rotatable bonds is 5. The third-order valence-corrected chi connectivity index (χ3v) is 4.86. The van der Waals surface area contributed by atoms with E-state index in [-0.39, 0.29) is 17.5 Å². The molecule has 1 N–H and O–H groups in total. The minimum absolute atomic E-state index is 0.259. The number of hydrogen-bond donors (Lipinski definition) is 1. The van der Waals surface area contributed by atoms with E-state index in [1.165, 1.54) is 4.90 Å². The Morgan fingerprint density at radius 3 is 2.10 bits per heavy atom. The summed E-state index contributed by atoms with van der Waals surface area (Å²) < 4.78 is 5.21. The zero-order valence-corrected chi connectivity index (χ0v) is 16.2. The van der Waals surface area contributed by atoms with Gasteiger partial charge < -0.3 is 10.1 Å². The van der Waals surface area contributed by atoms with Crippen LogP contribution in [0, 0.1) is 6.92 Å². The Bertz CT molecular complexity index is 1100. The molecule has 2 amide bonds. The first-order valence-electron chi connectivity index (χ1n) is 9.25. The fraction of sp³-hybridized carbons (Fsp3) is 0.0833. The van der Waals surface area contributed by atoms with Crippen molar-refractivity contribution in [1.29, 1.82) is 0 Å². The van der Waals surface area contributed by atoms with Crippen molar-refractivity contribution in [1.82, 2.24) is 0 Å². The van der Waals surface area contributed by atoms with Crippen LogP contribution in [0.25, 0.3) is 5.57 Å². The number of amides is 2. The van der Waals surface area contributed by atoms with Gasteiger partial charge in [0.2, 0.25) is 0 Å². The first-order valence-corrected chi connectivity index (χ1v) is 9.25. The third-order valence-electron chi connectivity index (χ3n) is 4.86. The summed E-state index contributed by atoms with van der Waals surface area (Å²) in [6.07, 6.45) is 0. The molecular weight excluding hydrogens is 364 g/mol. The molecule has 1 aliphatic rings. The van der Waals surface area contributed by atoms with E-state index in [4.69, 9.17) is 4.74 Å². The lowest BCUT2D eigenvalue weighted by Crippen LogP contribution is -2.33. The molecule has 3 aromatic carbocycles. The number of imide groups is 1. The molecular formula is C24H20N2O3. The summed E-state index contributed by atoms with van der Waals surface area (Å²) in [6, 6.07) is 23.8. The van der Waals surface area contributed by atoms with Gasteiger partial charge in [-0.3, -0.25) is 9.59 Å². The van der Waals surface area contributed by atoms with Crippen molar-refractivity contribution in [3.05, 3.63) is 95.7 Å². The standard InChI is InChI=1S/C24H20N2O3/c1-16-8-6-7-11-20(16)26-23(27)21(17-12-14-19(29-2)15-13-17)22(24(26)28)25-18-9-4-3-5-10-18/h3-15,25H,1-2H3. The molecule has 0 unspecified atom stereocenters. The molecule has 0 saturated heterocycles. The summed E-state index contributed by atoms with van der Waals surface area (Å²) in [5.74, 6) is -0.0497. The van der Waals surface area contributed by atoms with Crippen LogP contribution in [0.15, 0.2) is 84.6 Å². The van der Waals surface area contributed by atoms with E-state index in [9.17, 15) is 9.59 Å². The summed E-state index contributed by atoms with van der Waals surface area (Å²) in [7, 11) is 1.58. The van der Waals surface area contributed by atoms with Gasteiger partial charge in [-0.05, 0) is 48.4 Å². The number of ether oxygens (including phenoxy) is 1. The minimum atomic E-state index is -0.376. The first-order chi connectivity index (χ1) is 14.1. The molecule has 0 radical (unpaired) electrons. The normalized spacial score (nSPS) is 13.8. The van der Waals surface area contributed by atoms with Gasteiger partial charge in [-0.1, -0.05) is 48.5 Å². The molecule has 0 bridgehead atoms. The van der Waals surface area contributed by atoms with E-state index < -0.39 is 0 Å². The van der Waals surface area contributed by atoms with E-state index in [2.05, 4.69) is 5.32 Å². The van der Waals surface area contributed by atoms with E-state index in [1.807, 2.05) is 55.5 Å². The molecule has 4 rings (SSSR count). The second kappa shape index (κ2) is 7.64. The van der Waals surface area contributed by atoms with Crippen LogP contribution in [0.4, 0.5) is 11.4 Å². The van der Waals surface area contributed by atoms with Gasteiger partial charge in [0.15, 0.2) is 0 Å². The Morgan fingerprint density at radius 1 is 0.793 bits per heavy atom. The highest BCUT2D eigenvalue weighted by atomic mass is 16.5. The number of carbonyl (C=O) groups is 2. The molecule has 144 valence electrons. The summed E-state index contributed by atoms with van der Waals surface area (Å²) >= 11 is 0. The van der Waals surface area contributed by atoms with E-state index in [0.717, 1.165) is 11.3 Å². The van der Waals surface area contributed by atoms with E-state index >= 15 is 0 Å². The largest absolute Gasteiger partial charge is 0.497 e. The Kier molecular flexibility index (Phi) is 4.87. The molecule has 0 spiro atoms. The third kappa shape index (κ3) is 3.38. The zero-order chi connectivity index (χ0) is 20.4. The van der Waals surface area contributed by atoms with Crippen LogP contribution in [-0.4, -0.2) is 18.9 Å². The fourth-order valence-corrected chi connectivity index (χ4v) is 3.37. The van der Waals surface area contributed by atoms with Gasteiger partial charge in [0.05, 0.1) is 18.4 Å². The van der Waals surface area contributed by atoms with Gasteiger partial charge in [0.25, 0.3) is 11.8 Å². The summed E-state index contributed by atoms with van der Waals surface area (Å²) in [6.45, 7) is 1.88. The number of nitrogens with one attached hydrogen (secondary N) is 1. The quantitative estimate of drug-likeness (QED) is 0.663. The van der Waals surface area contributed by atoms with Crippen molar-refractivity contribution in [2.24, 2.45) is 0 Å². The van der Waals surface area contributed by atoms with Crippen molar-refractivity contribution in [3.8, 4) is 5.75 Å². The van der Waals surface area contributed by atoms with Crippen molar-refractivity contribution < 1.29 is 14.3 Å². The topological polar surface area (TPSA) is 58.6 Å². The number of aryl methyl sites for hydroxylation is 1. The van der Waals surface area contributed by atoms with Crippen LogP contribution in [-0.2, 0) is 9.59 Å². The lowest BCUT2D eigenvalue weighted by Gasteiger charge is -2.17. The predicted molar refractivity (Wildman–Crippen MR) is 114 cm³/mol. The molecule has 5 nitrogen and oxygen atoms in total. The van der Waals surface area contributed by atoms with Gasteiger partial charge in [0, 0.05) is 5.69 Å². The van der Waals surface area contributed by atoms with Crippen LogP contribution in [0.1, 0.15) is 11.1 Å². The molecule has 0 aliphatic carbocycles. The molecule has 1 heterocycles. The highest BCUT2D eigenvalue weighted by Crippen LogP contribution is 2.35. The van der Waals surface area contributed by atoms with Gasteiger partial charge in [-0.2, -0.15) is 0 Å². The Hall–Kier alpha value is -3.86. The fourth-order valence-electron chi connectivity index (χ4n) is 3.37. The van der Waals surface area contributed by atoms with Crippen molar-refractivity contribution in [2.75, 3.05) is 17.3 Å². The van der Waals surface area contributed by atoms with E-state index in [0.29, 0.717) is 22.6 Å². The number of nitrogens with zero attached hydrogens (tertiary/aromatic N) is 1. The maximum Gasteiger partial charge on any atom is 0.282 e. The smallest absolute Gasteiger partial charge is 0.282 e. The number of hydrogen-bond acceptors (Lipinski definition) is 4. The van der Waals surface area contributed by atoms with Gasteiger partial charge in [-0.25, -0.2) is 4.90 Å². The van der Waals surface area contributed by atoms with Crippen LogP contribution >= 0.6 is 0 Å². The van der Waals surface area contributed by atoms with Crippen molar-refractivity contribution >= 4 is 28.8 Å². The van der Waals surface area contributed by atoms with E-state index in [1.54, 1.807) is 37.4 Å². The van der Waals surface area contributed by atoms with Gasteiger partial charge >= 0.3 is 0 Å². The van der Waals surface area contributed by atoms with Crippen LogP contribution in [0.2, 0.25) is 0 Å². The Morgan fingerprint density at radius 2 is 1.45 bits per heavy atom. The van der Waals surface area contributed by atoms with Crippen LogP contribution in [0.5, 0.6) is 5.75 Å². The number of para-hydroxylation sites is 2. The zero-order valence-electron chi connectivity index (χ0n) is 16.2. The Balaban J connectivity index is 1.83. The maximum atomic E-state index is 13.4. The highest BCUT2D eigenvalue weighted by molar-refractivity contribution is 6.46. The second-order valence-electron chi connectivity index (χ2n) is 6.70. The van der Waals surface area contributed by atoms with Crippen molar-refractivity contribution in [2.45, 2.75) is 6.92 Å². The highest BCUT2D eigenvalue weighted by Gasteiger charge is 2.40. The predicted octanol–water partition coefficient (Wildman–Crippen LogP) is 4.40. The summed E-state index contributed by atoms with van der Waals surface area (Å²) in [4.78, 5) is 28.0. The lowest BCUT2D eigenvalue weighted by molar-refractivity contribution is -0.120. The summed E-state index contributed by atoms with van der Waals surface area (Å²) in [5, 5.41) is 3.15. The molecule has 3 aromatic rings. The molecule has 0 saturated carbocycles. The van der Waals surface area contributed by atoms with Crippen molar-refractivity contribution in [3.63, 3.8) is 0 Å². The molecule has 1 aliphatic heterocycles. The SMILES string of the molecule is COc1ccc(C2=C(Nc3ccccc3)C(=O)N(c3ccccc3C)C2=O)cc1. The average Bonchev–Trinajstić information content (AvgIpc) is 2.99. The number of anilines is 2. The Labute approximate surface area is 169 Å². The molecule has 0 aromatic heterocycles. The van der Waals surface area contributed by atoms with Crippen LogP contribution in [0.3, 0.4) is 0 Å². The van der Waals surface area contributed by atoms with Gasteiger partial charge in [0.1, 0.15) is 11.4 Å². The van der Waals surface area contributed by atoms with Gasteiger partial charge in [-0.15, -0.1) is 0 Å². The molecule has 0 fully saturated rings. The lowest BCUT2D eigenvalue weighted by atomic mass is 10.0. The molecule has 0 atom stereocenters. The molecule has 5 heteroatoms. The number of benzene rings is 3. The minimum Gasteiger partial charge on any atom is -0.497 e. The first kappa shape index (κ1) is 18.5. The molecule has 29 heavy (non-hydrogen) atoms. The average molecular weight is 384 g/mol. The number of methoxy groups -OCH3 is 1. The monoisotopic (exact) mass is 384 g/mol. The van der Waals surface area contributed by atoms with Crippen LogP contribution < -0.4 is 15.0 Å². The maximum absolute atomic E-state index is 13.4. The summed E-state index contributed by atoms with van der Waals surface area (Å²) in [5.41, 5.74) is 3.42. The second-order valence-corrected chi connectivity index (χ2v) is 6.70.